The molecular weight excluding hydrogens is 484 g/mol. The summed E-state index contributed by atoms with van der Waals surface area (Å²) in [7, 11) is 2.14. The van der Waals surface area contributed by atoms with Crippen molar-refractivity contribution < 1.29 is 14.4 Å². The number of nitrogens with zero attached hydrogens (tertiary/aromatic N) is 2. The van der Waals surface area contributed by atoms with E-state index in [0.29, 0.717) is 11.8 Å². The van der Waals surface area contributed by atoms with Crippen molar-refractivity contribution in [1.82, 2.24) is 9.80 Å². The van der Waals surface area contributed by atoms with Gasteiger partial charge in [0.25, 0.3) is 0 Å². The molecule has 1 unspecified atom stereocenters. The lowest BCUT2D eigenvalue weighted by Gasteiger charge is -2.70. The van der Waals surface area contributed by atoms with Gasteiger partial charge in [-0.25, -0.2) is 0 Å². The molecule has 0 radical (unpaired) electrons. The van der Waals surface area contributed by atoms with E-state index in [1.165, 1.54) is 12.0 Å². The number of carbonyl (C=O) groups excluding carboxylic acids is 3. The fourth-order valence-corrected chi connectivity index (χ4v) is 10.2. The number of fused-ring (bicyclic) bond motifs is 7. The summed E-state index contributed by atoms with van der Waals surface area (Å²) >= 11 is 0. The Morgan fingerprint density at radius 1 is 0.872 bits per heavy atom. The zero-order valence-corrected chi connectivity index (χ0v) is 25.3. The third-order valence-corrected chi connectivity index (χ3v) is 13.3. The lowest BCUT2D eigenvalue weighted by Crippen LogP contribution is -2.63. The van der Waals surface area contributed by atoms with Crippen LogP contribution >= 0.6 is 0 Å². The van der Waals surface area contributed by atoms with Crippen molar-refractivity contribution in [3.8, 4) is 0 Å². The fourth-order valence-electron chi connectivity index (χ4n) is 10.2. The molecule has 1 amide bonds. The lowest BCUT2D eigenvalue weighted by molar-refractivity contribution is -0.175. The number of rotatable bonds is 1. The summed E-state index contributed by atoms with van der Waals surface area (Å²) in [5, 5.41) is 0. The van der Waals surface area contributed by atoms with Crippen molar-refractivity contribution >= 4 is 17.5 Å². The number of Topliss-reactive ketones (excluding diaryl/α,β-unsaturated/α-hetero) is 1. The maximum atomic E-state index is 14.1. The molecule has 1 saturated heterocycles. The van der Waals surface area contributed by atoms with Gasteiger partial charge in [0.15, 0.2) is 0 Å². The largest absolute Gasteiger partial charge is 0.340 e. The van der Waals surface area contributed by atoms with E-state index in [4.69, 9.17) is 0 Å². The van der Waals surface area contributed by atoms with Crippen LogP contribution in [0.2, 0.25) is 0 Å². The number of amides is 1. The van der Waals surface area contributed by atoms with Crippen molar-refractivity contribution in [2.45, 2.75) is 86.5 Å². The van der Waals surface area contributed by atoms with E-state index in [-0.39, 0.29) is 44.6 Å². The number of hydrogen-bond donors (Lipinski definition) is 0. The molecule has 212 valence electrons. The van der Waals surface area contributed by atoms with Crippen LogP contribution in [-0.2, 0) is 14.4 Å². The fraction of sp³-hybridized carbons (Fsp3) is 0.735. The minimum atomic E-state index is -0.359. The molecule has 1 aliphatic heterocycles. The average Bonchev–Trinajstić information content (AvgIpc) is 2.90. The molecule has 5 nitrogen and oxygen atoms in total. The Morgan fingerprint density at radius 3 is 2.23 bits per heavy atom. The van der Waals surface area contributed by atoms with E-state index < -0.39 is 0 Å². The summed E-state index contributed by atoms with van der Waals surface area (Å²) in [5.74, 6) is -0.127. The maximum absolute atomic E-state index is 14.1. The summed E-state index contributed by atoms with van der Waals surface area (Å²) in [6.07, 6.45) is 13.6. The Kier molecular flexibility index (Phi) is 5.92. The summed E-state index contributed by atoms with van der Waals surface area (Å²) < 4.78 is 0. The van der Waals surface area contributed by atoms with Gasteiger partial charge >= 0.3 is 0 Å². The van der Waals surface area contributed by atoms with Crippen molar-refractivity contribution in [2.75, 3.05) is 33.2 Å². The second-order valence-electron chi connectivity index (χ2n) is 15.4. The number of ketones is 2. The Hall–Kier alpha value is -2.01. The van der Waals surface area contributed by atoms with Crippen molar-refractivity contribution in [2.24, 2.45) is 38.9 Å². The van der Waals surface area contributed by atoms with Gasteiger partial charge in [0.1, 0.15) is 0 Å². The van der Waals surface area contributed by atoms with E-state index >= 15 is 0 Å². The third kappa shape index (κ3) is 3.57. The molecule has 3 saturated carbocycles. The van der Waals surface area contributed by atoms with Crippen LogP contribution in [0.25, 0.3) is 0 Å². The van der Waals surface area contributed by atoms with E-state index in [2.05, 4.69) is 63.6 Å². The zero-order chi connectivity index (χ0) is 28.2. The molecule has 0 N–H and O–H groups in total. The summed E-state index contributed by atoms with van der Waals surface area (Å²) in [6, 6.07) is 0. The summed E-state index contributed by atoms with van der Waals surface area (Å²) in [6.45, 7) is 17.6. The van der Waals surface area contributed by atoms with E-state index in [9.17, 15) is 14.4 Å². The molecule has 4 fully saturated rings. The highest BCUT2D eigenvalue weighted by molar-refractivity contribution is 6.44. The van der Waals surface area contributed by atoms with Crippen LogP contribution in [0.5, 0.6) is 0 Å². The molecule has 0 aromatic carbocycles. The van der Waals surface area contributed by atoms with Gasteiger partial charge in [-0.1, -0.05) is 59.3 Å². The first kappa shape index (κ1) is 27.2. The maximum Gasteiger partial charge on any atom is 0.228 e. The minimum absolute atomic E-state index is 0.0179. The Labute approximate surface area is 235 Å². The van der Waals surface area contributed by atoms with Crippen LogP contribution in [0.4, 0.5) is 0 Å². The number of hydrogen-bond acceptors (Lipinski definition) is 4. The molecule has 5 aliphatic carbocycles. The number of carbonyl (C=O) groups is 3. The molecule has 6 rings (SSSR count). The second-order valence-corrected chi connectivity index (χ2v) is 15.4. The predicted octanol–water partition coefficient (Wildman–Crippen LogP) is 5.76. The molecule has 0 aromatic heterocycles. The van der Waals surface area contributed by atoms with Gasteiger partial charge in [-0.3, -0.25) is 14.4 Å². The van der Waals surface area contributed by atoms with Crippen LogP contribution in [0, 0.1) is 38.9 Å². The monoisotopic (exact) mass is 532 g/mol. The van der Waals surface area contributed by atoms with Crippen LogP contribution in [0.3, 0.4) is 0 Å². The van der Waals surface area contributed by atoms with Gasteiger partial charge < -0.3 is 9.80 Å². The van der Waals surface area contributed by atoms with Crippen LogP contribution in [0.15, 0.2) is 34.9 Å². The van der Waals surface area contributed by atoms with Gasteiger partial charge in [-0.05, 0) is 91.4 Å². The van der Waals surface area contributed by atoms with Crippen LogP contribution in [-0.4, -0.2) is 60.5 Å². The van der Waals surface area contributed by atoms with Gasteiger partial charge in [-0.2, -0.15) is 0 Å². The standard InChI is InChI=1S/C34H48N2O3/c1-22-23-8-9-26-32(4,24(23)20-25(37)28(22)38)13-15-34(6)27-21-31(3,29(39)36-18-16-35(7)17-19-36)11-10-30(27,2)12-14-33(26,34)5/h8-9,20,22,27H,10-19,21H2,1-7H3/t22?,27-,30-,31-,32+,33-,34+/m1/s1. The van der Waals surface area contributed by atoms with Gasteiger partial charge in [0.05, 0.1) is 0 Å². The number of likely N-dealkylation sites (N-methyl/N-ethyl adjacent to an activating group) is 1. The Bertz CT molecular complexity index is 1240. The third-order valence-electron chi connectivity index (χ3n) is 13.3. The second kappa shape index (κ2) is 8.50. The van der Waals surface area contributed by atoms with Crippen molar-refractivity contribution in [3.05, 3.63) is 34.9 Å². The zero-order valence-electron chi connectivity index (χ0n) is 25.3. The first-order valence-corrected chi connectivity index (χ1v) is 15.4. The van der Waals surface area contributed by atoms with Gasteiger partial charge in [0, 0.05) is 42.9 Å². The van der Waals surface area contributed by atoms with Crippen molar-refractivity contribution in [1.29, 1.82) is 0 Å². The molecule has 0 aromatic rings. The topological polar surface area (TPSA) is 57.7 Å². The summed E-state index contributed by atoms with van der Waals surface area (Å²) in [5.41, 5.74) is 3.37. The summed E-state index contributed by atoms with van der Waals surface area (Å²) in [4.78, 5) is 43.8. The predicted molar refractivity (Wildman–Crippen MR) is 154 cm³/mol. The average molecular weight is 533 g/mol. The van der Waals surface area contributed by atoms with Crippen LogP contribution in [0.1, 0.15) is 86.5 Å². The molecule has 0 spiro atoms. The van der Waals surface area contributed by atoms with Gasteiger partial charge in [-0.15, -0.1) is 0 Å². The molecule has 39 heavy (non-hydrogen) atoms. The minimum Gasteiger partial charge on any atom is -0.340 e. The highest BCUT2D eigenvalue weighted by Gasteiger charge is 2.67. The SMILES string of the molecule is CC1C(=O)C(=O)C=C2C1=CC=C1[C@@]2(C)CC[C@@]2(C)[C@@H]3C[C@](C)(C(=O)N4CCN(C)CC4)CC[C@]3(C)CC[C@]12C. The molecule has 5 heteroatoms. The molecule has 7 atom stereocenters. The Balaban J connectivity index is 1.37. The van der Waals surface area contributed by atoms with E-state index in [1.54, 1.807) is 6.08 Å². The number of allylic oxidation sites excluding steroid dienone is 6. The lowest BCUT2D eigenvalue weighted by atomic mass is 9.34. The van der Waals surface area contributed by atoms with E-state index in [0.717, 1.165) is 75.9 Å². The highest BCUT2D eigenvalue weighted by atomic mass is 16.2. The smallest absolute Gasteiger partial charge is 0.228 e. The molecular formula is C34H48N2O3. The Morgan fingerprint density at radius 2 is 1.54 bits per heavy atom. The highest BCUT2D eigenvalue weighted by Crippen LogP contribution is 2.75. The van der Waals surface area contributed by atoms with Crippen molar-refractivity contribution in [3.63, 3.8) is 0 Å². The van der Waals surface area contributed by atoms with E-state index in [1.807, 2.05) is 6.92 Å². The quantitative estimate of drug-likeness (QED) is 0.403. The molecule has 6 aliphatic rings. The first-order valence-electron chi connectivity index (χ1n) is 15.4. The number of piperazine rings is 1. The normalized spacial score (nSPS) is 46.2. The first-order chi connectivity index (χ1) is 18.2. The molecule has 0 bridgehead atoms. The van der Waals surface area contributed by atoms with Crippen LogP contribution < -0.4 is 0 Å². The molecule has 1 heterocycles. The van der Waals surface area contributed by atoms with Gasteiger partial charge in [0.2, 0.25) is 17.5 Å².